The lowest BCUT2D eigenvalue weighted by molar-refractivity contribution is -0.152. The van der Waals surface area contributed by atoms with Crippen molar-refractivity contribution in [2.24, 2.45) is 0 Å². The predicted octanol–water partition coefficient (Wildman–Crippen LogP) is 1.89. The summed E-state index contributed by atoms with van der Waals surface area (Å²) < 4.78 is 9.89. The second-order valence-electron chi connectivity index (χ2n) is 5.10. The van der Waals surface area contributed by atoms with Crippen molar-refractivity contribution in [1.29, 1.82) is 0 Å². The Morgan fingerprint density at radius 3 is 2.58 bits per heavy atom. The van der Waals surface area contributed by atoms with Gasteiger partial charge in [-0.3, -0.25) is 14.4 Å². The van der Waals surface area contributed by atoms with Crippen molar-refractivity contribution >= 4 is 23.5 Å². The van der Waals surface area contributed by atoms with Gasteiger partial charge >= 0.3 is 5.97 Å². The molecule has 0 aliphatic heterocycles. The lowest BCUT2D eigenvalue weighted by Crippen LogP contribution is -2.35. The van der Waals surface area contributed by atoms with Crippen LogP contribution in [0.4, 0.5) is 5.69 Å². The Bertz CT molecular complexity index is 724. The highest BCUT2D eigenvalue weighted by molar-refractivity contribution is 5.96. The molecule has 7 heteroatoms. The quantitative estimate of drug-likeness (QED) is 0.788. The molecule has 1 heterocycles. The lowest BCUT2D eigenvalue weighted by atomic mass is 10.2. The van der Waals surface area contributed by atoms with E-state index in [0.29, 0.717) is 5.69 Å². The molecule has 24 heavy (non-hydrogen) atoms. The number of ether oxygens (including phenoxy) is 1. The highest BCUT2D eigenvalue weighted by Gasteiger charge is 2.19. The number of benzene rings is 1. The van der Waals surface area contributed by atoms with E-state index in [9.17, 15) is 14.4 Å². The van der Waals surface area contributed by atoms with E-state index in [2.05, 4.69) is 10.6 Å². The van der Waals surface area contributed by atoms with Crippen LogP contribution in [0.15, 0.2) is 47.1 Å². The molecule has 0 spiro atoms. The number of esters is 1. The van der Waals surface area contributed by atoms with E-state index < -0.39 is 23.9 Å². The van der Waals surface area contributed by atoms with Crippen molar-refractivity contribution in [2.45, 2.75) is 20.0 Å². The summed E-state index contributed by atoms with van der Waals surface area (Å²) >= 11 is 0. The zero-order chi connectivity index (χ0) is 17.5. The first-order valence-electron chi connectivity index (χ1n) is 7.35. The Balaban J connectivity index is 1.79. The van der Waals surface area contributed by atoms with Gasteiger partial charge in [0, 0.05) is 5.69 Å². The molecule has 0 aliphatic carbocycles. The monoisotopic (exact) mass is 330 g/mol. The lowest BCUT2D eigenvalue weighted by Gasteiger charge is -2.14. The van der Waals surface area contributed by atoms with Crippen LogP contribution < -0.4 is 10.6 Å². The van der Waals surface area contributed by atoms with E-state index in [1.54, 1.807) is 18.2 Å². The number of rotatable bonds is 6. The molecular formula is C17H18N2O5. The molecule has 1 unspecified atom stereocenters. The van der Waals surface area contributed by atoms with Crippen LogP contribution in [-0.4, -0.2) is 30.4 Å². The Labute approximate surface area is 139 Å². The highest BCUT2D eigenvalue weighted by atomic mass is 16.5. The number of carbonyl (C=O) groups is 3. The topological polar surface area (TPSA) is 97.6 Å². The van der Waals surface area contributed by atoms with Crippen LogP contribution in [0, 0.1) is 6.92 Å². The third-order valence-electron chi connectivity index (χ3n) is 3.22. The van der Waals surface area contributed by atoms with Gasteiger partial charge in [0.25, 0.3) is 11.8 Å². The maximum absolute atomic E-state index is 12.0. The fraction of sp³-hybridized carbons (Fsp3) is 0.235. The number of hydrogen-bond donors (Lipinski definition) is 2. The minimum absolute atomic E-state index is 0.0909. The second-order valence-corrected chi connectivity index (χ2v) is 5.10. The molecule has 1 aromatic carbocycles. The van der Waals surface area contributed by atoms with Gasteiger partial charge in [-0.1, -0.05) is 18.2 Å². The molecular weight excluding hydrogens is 312 g/mol. The van der Waals surface area contributed by atoms with Gasteiger partial charge < -0.3 is 19.8 Å². The second kappa shape index (κ2) is 7.96. The number of nitrogens with one attached hydrogen (secondary N) is 2. The molecule has 1 atom stereocenters. The zero-order valence-electron chi connectivity index (χ0n) is 13.4. The molecule has 2 N–H and O–H groups in total. The average molecular weight is 330 g/mol. The number of hydrogen-bond acceptors (Lipinski definition) is 5. The molecule has 0 radical (unpaired) electrons. The standard InChI is InChI=1S/C17H18N2O5/c1-11-6-3-4-7-13(11)19-16(21)12(2)24-15(20)10-18-17(22)14-8-5-9-23-14/h3-9,12H,10H2,1-2H3,(H,18,22)(H,19,21). The summed E-state index contributed by atoms with van der Waals surface area (Å²) in [5.41, 5.74) is 1.55. The molecule has 126 valence electrons. The number of aryl methyl sites for hydroxylation is 1. The molecule has 2 amide bonds. The summed E-state index contributed by atoms with van der Waals surface area (Å²) in [6, 6.07) is 10.3. The first kappa shape index (κ1) is 17.3. The molecule has 0 saturated carbocycles. The van der Waals surface area contributed by atoms with Crippen molar-refractivity contribution in [1.82, 2.24) is 5.32 Å². The van der Waals surface area contributed by atoms with E-state index in [1.165, 1.54) is 19.3 Å². The third kappa shape index (κ3) is 4.70. The van der Waals surface area contributed by atoms with Crippen molar-refractivity contribution in [3.63, 3.8) is 0 Å². The van der Waals surface area contributed by atoms with E-state index in [1.807, 2.05) is 19.1 Å². The number of furan rings is 1. The zero-order valence-corrected chi connectivity index (χ0v) is 13.4. The van der Waals surface area contributed by atoms with Crippen LogP contribution >= 0.6 is 0 Å². The number of anilines is 1. The van der Waals surface area contributed by atoms with Crippen LogP contribution in [0.3, 0.4) is 0 Å². The van der Waals surface area contributed by atoms with Crippen molar-refractivity contribution < 1.29 is 23.5 Å². The maximum Gasteiger partial charge on any atom is 0.326 e. The molecule has 2 aromatic rings. The van der Waals surface area contributed by atoms with Gasteiger partial charge in [0.2, 0.25) is 0 Å². The Kier molecular flexibility index (Phi) is 5.73. The molecule has 0 fully saturated rings. The largest absolute Gasteiger partial charge is 0.459 e. The summed E-state index contributed by atoms with van der Waals surface area (Å²) in [6.45, 7) is 2.96. The van der Waals surface area contributed by atoms with E-state index in [4.69, 9.17) is 9.15 Å². The van der Waals surface area contributed by atoms with Gasteiger partial charge in [-0.2, -0.15) is 0 Å². The van der Waals surface area contributed by atoms with Crippen molar-refractivity contribution in [2.75, 3.05) is 11.9 Å². The van der Waals surface area contributed by atoms with Gasteiger partial charge in [0.15, 0.2) is 11.9 Å². The summed E-state index contributed by atoms with van der Waals surface area (Å²) in [5.74, 6) is -1.61. The van der Waals surface area contributed by atoms with Gasteiger partial charge in [-0.25, -0.2) is 0 Å². The summed E-state index contributed by atoms with van der Waals surface area (Å²) in [5, 5.41) is 5.03. The minimum atomic E-state index is -0.988. The van der Waals surface area contributed by atoms with Gasteiger partial charge in [-0.15, -0.1) is 0 Å². The summed E-state index contributed by atoms with van der Waals surface area (Å²) in [6.07, 6.45) is 0.364. The summed E-state index contributed by atoms with van der Waals surface area (Å²) in [4.78, 5) is 35.4. The molecule has 0 bridgehead atoms. The number of para-hydroxylation sites is 1. The normalized spacial score (nSPS) is 11.4. The van der Waals surface area contributed by atoms with Crippen LogP contribution in [0.5, 0.6) is 0 Å². The van der Waals surface area contributed by atoms with Crippen LogP contribution in [0.1, 0.15) is 23.0 Å². The van der Waals surface area contributed by atoms with Gasteiger partial charge in [-0.05, 0) is 37.6 Å². The maximum atomic E-state index is 12.0. The number of carbonyl (C=O) groups excluding carboxylic acids is 3. The minimum Gasteiger partial charge on any atom is -0.459 e. The Morgan fingerprint density at radius 1 is 1.17 bits per heavy atom. The van der Waals surface area contributed by atoms with E-state index in [-0.39, 0.29) is 12.3 Å². The van der Waals surface area contributed by atoms with Crippen molar-refractivity contribution in [3.8, 4) is 0 Å². The Morgan fingerprint density at radius 2 is 1.92 bits per heavy atom. The molecule has 7 nitrogen and oxygen atoms in total. The first-order chi connectivity index (χ1) is 11.5. The average Bonchev–Trinajstić information content (AvgIpc) is 3.09. The van der Waals surface area contributed by atoms with E-state index >= 15 is 0 Å². The van der Waals surface area contributed by atoms with Gasteiger partial charge in [0.1, 0.15) is 6.54 Å². The SMILES string of the molecule is Cc1ccccc1NC(=O)C(C)OC(=O)CNC(=O)c1ccco1. The summed E-state index contributed by atoms with van der Waals surface area (Å²) in [7, 11) is 0. The van der Waals surface area contributed by atoms with Crippen LogP contribution in [0.2, 0.25) is 0 Å². The Hall–Kier alpha value is -3.09. The fourth-order valence-corrected chi connectivity index (χ4v) is 1.89. The molecule has 0 saturated heterocycles. The third-order valence-corrected chi connectivity index (χ3v) is 3.22. The fourth-order valence-electron chi connectivity index (χ4n) is 1.89. The number of amides is 2. The van der Waals surface area contributed by atoms with Gasteiger partial charge in [0.05, 0.1) is 6.26 Å². The van der Waals surface area contributed by atoms with Crippen LogP contribution in [0.25, 0.3) is 0 Å². The van der Waals surface area contributed by atoms with Crippen LogP contribution in [-0.2, 0) is 14.3 Å². The predicted molar refractivity (Wildman–Crippen MR) is 86.4 cm³/mol. The van der Waals surface area contributed by atoms with Crippen molar-refractivity contribution in [3.05, 3.63) is 54.0 Å². The molecule has 1 aromatic heterocycles. The first-order valence-corrected chi connectivity index (χ1v) is 7.35. The highest BCUT2D eigenvalue weighted by Crippen LogP contribution is 2.13. The van der Waals surface area contributed by atoms with E-state index in [0.717, 1.165) is 5.56 Å². The smallest absolute Gasteiger partial charge is 0.326 e. The molecule has 0 aliphatic rings. The molecule has 2 rings (SSSR count).